The molecule has 3 N–H and O–H groups in total. The number of aliphatic carboxylic acids is 1. The lowest BCUT2D eigenvalue weighted by molar-refractivity contribution is -0.138. The van der Waals surface area contributed by atoms with E-state index in [0.717, 1.165) is 36.8 Å². The highest BCUT2D eigenvalue weighted by Gasteiger charge is 2.44. The number of ether oxygens (including phenoxy) is 1. The predicted octanol–water partition coefficient (Wildman–Crippen LogP) is 4.60. The van der Waals surface area contributed by atoms with Gasteiger partial charge in [0.1, 0.15) is 12.1 Å². The summed E-state index contributed by atoms with van der Waals surface area (Å²) in [4.78, 5) is 37.2. The van der Waals surface area contributed by atoms with Gasteiger partial charge in [-0.1, -0.05) is 61.4 Å². The van der Waals surface area contributed by atoms with Gasteiger partial charge in [-0.15, -0.1) is 0 Å². The third-order valence-electron chi connectivity index (χ3n) is 7.92. The Morgan fingerprint density at radius 1 is 0.943 bits per heavy atom. The summed E-state index contributed by atoms with van der Waals surface area (Å²) in [5, 5.41) is 15.0. The Bertz CT molecular complexity index is 1080. The number of carbonyl (C=O) groups is 3. The summed E-state index contributed by atoms with van der Waals surface area (Å²) in [7, 11) is 0. The van der Waals surface area contributed by atoms with E-state index in [0.29, 0.717) is 19.3 Å². The summed E-state index contributed by atoms with van der Waals surface area (Å²) >= 11 is 0. The van der Waals surface area contributed by atoms with Gasteiger partial charge in [0.15, 0.2) is 0 Å². The molecule has 0 saturated heterocycles. The molecule has 5 rings (SSSR count). The summed E-state index contributed by atoms with van der Waals surface area (Å²) in [6, 6.07) is 16.3. The number of carboxylic acids is 1. The minimum absolute atomic E-state index is 0.0360. The van der Waals surface area contributed by atoms with Crippen LogP contribution in [-0.2, 0) is 14.3 Å². The minimum Gasteiger partial charge on any atom is -0.481 e. The maximum atomic E-state index is 13.3. The van der Waals surface area contributed by atoms with Gasteiger partial charge in [-0.25, -0.2) is 4.79 Å². The van der Waals surface area contributed by atoms with Crippen LogP contribution < -0.4 is 10.6 Å². The molecule has 2 atom stereocenters. The molecule has 3 aliphatic carbocycles. The van der Waals surface area contributed by atoms with Crippen LogP contribution in [0.1, 0.15) is 68.4 Å². The molecular formula is C28H32N2O5. The lowest BCUT2D eigenvalue weighted by Gasteiger charge is -2.30. The number of amides is 2. The Morgan fingerprint density at radius 2 is 1.57 bits per heavy atom. The van der Waals surface area contributed by atoms with Crippen LogP contribution in [0.4, 0.5) is 4.79 Å². The summed E-state index contributed by atoms with van der Waals surface area (Å²) in [5.41, 5.74) is 3.66. The van der Waals surface area contributed by atoms with Gasteiger partial charge < -0.3 is 20.5 Å². The first kappa shape index (κ1) is 23.4. The SMILES string of the molecule is O=C(O)C[C@H]1CC[C@@H](NC(=O)C2(NC(=O)OCC3c4ccccc4-c4ccccc43)CCCC2)C1. The van der Waals surface area contributed by atoms with E-state index in [2.05, 4.69) is 34.9 Å². The lowest BCUT2D eigenvalue weighted by atomic mass is 9.95. The van der Waals surface area contributed by atoms with Gasteiger partial charge in [-0.3, -0.25) is 9.59 Å². The van der Waals surface area contributed by atoms with Crippen molar-refractivity contribution in [2.24, 2.45) is 5.92 Å². The van der Waals surface area contributed by atoms with Crippen molar-refractivity contribution >= 4 is 18.0 Å². The lowest BCUT2D eigenvalue weighted by Crippen LogP contribution is -2.58. The standard InChI is InChI=1S/C28H32N2O5/c31-25(32)16-18-11-12-19(15-18)29-26(33)28(13-5-6-14-28)30-27(34)35-17-24-22-9-3-1-7-20(22)21-8-2-4-10-23(21)24/h1-4,7-10,18-19,24H,5-6,11-17H2,(H,29,33)(H,30,34)(H,31,32)/t18-,19+/m0/s1. The quantitative estimate of drug-likeness (QED) is 0.542. The first-order chi connectivity index (χ1) is 16.9. The summed E-state index contributed by atoms with van der Waals surface area (Å²) in [5.74, 6) is -0.922. The first-order valence-corrected chi connectivity index (χ1v) is 12.6. The summed E-state index contributed by atoms with van der Waals surface area (Å²) in [6.07, 6.45) is 4.68. The second kappa shape index (κ2) is 9.72. The zero-order chi connectivity index (χ0) is 24.4. The third kappa shape index (κ3) is 4.77. The van der Waals surface area contributed by atoms with Crippen molar-refractivity contribution in [1.29, 1.82) is 0 Å². The number of fused-ring (bicyclic) bond motifs is 3. The number of carbonyl (C=O) groups excluding carboxylic acids is 2. The molecule has 7 nitrogen and oxygen atoms in total. The predicted molar refractivity (Wildman–Crippen MR) is 131 cm³/mol. The van der Waals surface area contributed by atoms with Crippen molar-refractivity contribution in [3.05, 3.63) is 59.7 Å². The van der Waals surface area contributed by atoms with E-state index in [-0.39, 0.29) is 36.8 Å². The molecule has 2 amide bonds. The number of nitrogens with one attached hydrogen (secondary N) is 2. The second-order valence-electron chi connectivity index (χ2n) is 10.2. The van der Waals surface area contributed by atoms with E-state index >= 15 is 0 Å². The van der Waals surface area contributed by atoms with E-state index in [1.165, 1.54) is 11.1 Å². The molecular weight excluding hydrogens is 444 g/mol. The molecule has 3 aliphatic rings. The van der Waals surface area contributed by atoms with Crippen molar-refractivity contribution in [1.82, 2.24) is 10.6 Å². The van der Waals surface area contributed by atoms with Crippen molar-refractivity contribution in [3.63, 3.8) is 0 Å². The first-order valence-electron chi connectivity index (χ1n) is 12.6. The molecule has 2 aromatic rings. The zero-order valence-electron chi connectivity index (χ0n) is 19.8. The number of hydrogen-bond donors (Lipinski definition) is 3. The van der Waals surface area contributed by atoms with Gasteiger partial charge >= 0.3 is 12.1 Å². The van der Waals surface area contributed by atoms with Crippen LogP contribution in [0.5, 0.6) is 0 Å². The van der Waals surface area contributed by atoms with E-state index < -0.39 is 17.6 Å². The third-order valence-corrected chi connectivity index (χ3v) is 7.92. The van der Waals surface area contributed by atoms with Gasteiger partial charge in [-0.2, -0.15) is 0 Å². The Labute approximate surface area is 205 Å². The molecule has 0 spiro atoms. The van der Waals surface area contributed by atoms with E-state index in [1.807, 2.05) is 24.3 Å². The molecule has 7 heteroatoms. The van der Waals surface area contributed by atoms with Crippen molar-refractivity contribution in [2.45, 2.75) is 68.9 Å². The molecule has 0 radical (unpaired) electrons. The Balaban J connectivity index is 1.21. The molecule has 35 heavy (non-hydrogen) atoms. The van der Waals surface area contributed by atoms with Crippen molar-refractivity contribution < 1.29 is 24.2 Å². The van der Waals surface area contributed by atoms with E-state index in [9.17, 15) is 14.4 Å². The van der Waals surface area contributed by atoms with Gasteiger partial charge in [0.25, 0.3) is 0 Å². The summed E-state index contributed by atoms with van der Waals surface area (Å²) < 4.78 is 5.71. The Morgan fingerprint density at radius 3 is 2.20 bits per heavy atom. The Kier molecular flexibility index (Phi) is 6.50. The zero-order valence-corrected chi connectivity index (χ0v) is 19.8. The fourth-order valence-electron chi connectivity index (χ4n) is 6.18. The maximum absolute atomic E-state index is 13.3. The highest BCUT2D eigenvalue weighted by atomic mass is 16.5. The largest absolute Gasteiger partial charge is 0.481 e. The molecule has 2 fully saturated rings. The van der Waals surface area contributed by atoms with E-state index in [1.54, 1.807) is 0 Å². The van der Waals surface area contributed by atoms with E-state index in [4.69, 9.17) is 9.84 Å². The molecule has 0 unspecified atom stereocenters. The van der Waals surface area contributed by atoms with Crippen LogP contribution >= 0.6 is 0 Å². The number of rotatable bonds is 7. The normalized spacial score (nSPS) is 22.3. The monoisotopic (exact) mass is 476 g/mol. The van der Waals surface area contributed by atoms with Crippen LogP contribution in [0.25, 0.3) is 11.1 Å². The van der Waals surface area contributed by atoms with Crippen molar-refractivity contribution in [3.8, 4) is 11.1 Å². The van der Waals surface area contributed by atoms with Crippen LogP contribution in [-0.4, -0.2) is 41.3 Å². The molecule has 0 heterocycles. The molecule has 0 aromatic heterocycles. The number of hydrogen-bond acceptors (Lipinski definition) is 4. The minimum atomic E-state index is -0.965. The molecule has 0 aliphatic heterocycles. The van der Waals surface area contributed by atoms with Crippen LogP contribution in [0.2, 0.25) is 0 Å². The average Bonchev–Trinajstić information content (AvgIpc) is 3.56. The highest BCUT2D eigenvalue weighted by molar-refractivity contribution is 5.90. The van der Waals surface area contributed by atoms with Crippen molar-refractivity contribution in [2.75, 3.05) is 6.61 Å². The van der Waals surface area contributed by atoms with Gasteiger partial charge in [0.05, 0.1) is 0 Å². The fraction of sp³-hybridized carbons (Fsp3) is 0.464. The van der Waals surface area contributed by atoms with Gasteiger partial charge in [0.2, 0.25) is 5.91 Å². The fourth-order valence-corrected chi connectivity index (χ4v) is 6.18. The summed E-state index contributed by atoms with van der Waals surface area (Å²) in [6.45, 7) is 0.205. The Hall–Kier alpha value is -3.35. The highest BCUT2D eigenvalue weighted by Crippen LogP contribution is 2.44. The van der Waals surface area contributed by atoms with Crippen LogP contribution in [0.3, 0.4) is 0 Å². The van der Waals surface area contributed by atoms with Gasteiger partial charge in [0, 0.05) is 18.4 Å². The molecule has 0 bridgehead atoms. The molecule has 2 saturated carbocycles. The molecule has 2 aromatic carbocycles. The second-order valence-corrected chi connectivity index (χ2v) is 10.2. The average molecular weight is 477 g/mol. The van der Waals surface area contributed by atoms with Gasteiger partial charge in [-0.05, 0) is 60.3 Å². The number of alkyl carbamates (subject to hydrolysis) is 1. The topological polar surface area (TPSA) is 105 Å². The smallest absolute Gasteiger partial charge is 0.408 e. The van der Waals surface area contributed by atoms with Crippen LogP contribution in [0, 0.1) is 5.92 Å². The number of carboxylic acid groups (broad SMARTS) is 1. The maximum Gasteiger partial charge on any atom is 0.408 e. The molecule has 184 valence electrons. The number of benzene rings is 2. The van der Waals surface area contributed by atoms with Crippen LogP contribution in [0.15, 0.2) is 48.5 Å².